The van der Waals surface area contributed by atoms with Gasteiger partial charge in [0.15, 0.2) is 0 Å². The summed E-state index contributed by atoms with van der Waals surface area (Å²) in [6.07, 6.45) is 0.571. The summed E-state index contributed by atoms with van der Waals surface area (Å²) in [4.78, 5) is 37.6. The Bertz CT molecular complexity index is 1060. The van der Waals surface area contributed by atoms with Crippen LogP contribution in [-0.2, 0) is 14.3 Å². The second-order valence-corrected chi connectivity index (χ2v) is 8.54. The average Bonchev–Trinajstić information content (AvgIpc) is 3.01. The minimum absolute atomic E-state index is 0.0493. The van der Waals surface area contributed by atoms with Gasteiger partial charge >= 0.3 is 0 Å². The first-order valence-electron chi connectivity index (χ1n) is 10.1. The zero-order valence-corrected chi connectivity index (χ0v) is 19.2. The van der Waals surface area contributed by atoms with Gasteiger partial charge in [0.2, 0.25) is 0 Å². The Hall–Kier alpha value is -3.04. The summed E-state index contributed by atoms with van der Waals surface area (Å²) in [7, 11) is 0. The maximum atomic E-state index is 13.0. The number of ketones is 1. The number of non-ortho nitro benzene ring substituents is 1. The Morgan fingerprint density at radius 3 is 2.50 bits per heavy atom. The van der Waals surface area contributed by atoms with Crippen molar-refractivity contribution in [3.63, 3.8) is 0 Å². The second-order valence-electron chi connectivity index (χ2n) is 7.62. The Labute approximate surface area is 193 Å². The lowest BCUT2D eigenvalue weighted by Crippen LogP contribution is -2.31. The molecular formula is C23H23BrN2O6. The summed E-state index contributed by atoms with van der Waals surface area (Å²) in [6, 6.07) is 11.6. The molecule has 168 valence electrons. The minimum atomic E-state index is -0.796. The third-order valence-corrected chi connectivity index (χ3v) is 5.54. The molecule has 8 nitrogen and oxygen atoms in total. The number of aliphatic hydroxyl groups excluding tert-OH is 1. The number of nitrogens with zero attached hydrogens (tertiary/aromatic N) is 2. The van der Waals surface area contributed by atoms with E-state index in [2.05, 4.69) is 15.9 Å². The summed E-state index contributed by atoms with van der Waals surface area (Å²) >= 11 is 3.41. The highest BCUT2D eigenvalue weighted by Gasteiger charge is 2.45. The number of amides is 1. The molecule has 0 bridgehead atoms. The van der Waals surface area contributed by atoms with E-state index >= 15 is 0 Å². The van der Waals surface area contributed by atoms with E-state index in [-0.39, 0.29) is 35.2 Å². The third-order valence-electron chi connectivity index (χ3n) is 5.05. The number of likely N-dealkylation sites (tertiary alicyclic amines) is 1. The number of aliphatic hydroxyl groups is 1. The molecule has 32 heavy (non-hydrogen) atoms. The zero-order chi connectivity index (χ0) is 23.4. The monoisotopic (exact) mass is 502 g/mol. The van der Waals surface area contributed by atoms with Crippen molar-refractivity contribution in [1.82, 2.24) is 4.90 Å². The second kappa shape index (κ2) is 10.1. The van der Waals surface area contributed by atoms with Crippen molar-refractivity contribution in [2.24, 2.45) is 0 Å². The van der Waals surface area contributed by atoms with Gasteiger partial charge in [0.05, 0.1) is 22.6 Å². The number of hydrogen-bond acceptors (Lipinski definition) is 6. The Morgan fingerprint density at radius 1 is 1.22 bits per heavy atom. The fourth-order valence-corrected chi connectivity index (χ4v) is 4.00. The van der Waals surface area contributed by atoms with Gasteiger partial charge in [-0.2, -0.15) is 0 Å². The van der Waals surface area contributed by atoms with Crippen molar-refractivity contribution in [3.8, 4) is 0 Å². The molecule has 9 heteroatoms. The molecule has 1 N–H and O–H groups in total. The van der Waals surface area contributed by atoms with Crippen LogP contribution in [0, 0.1) is 10.1 Å². The molecule has 1 fully saturated rings. The number of Topliss-reactive ketones (excluding diaryl/α,β-unsaturated/α-hetero) is 1. The van der Waals surface area contributed by atoms with Crippen LogP contribution in [0.4, 0.5) is 5.69 Å². The highest BCUT2D eigenvalue weighted by molar-refractivity contribution is 9.10. The molecular weight excluding hydrogens is 480 g/mol. The van der Waals surface area contributed by atoms with Gasteiger partial charge in [-0.3, -0.25) is 19.7 Å². The van der Waals surface area contributed by atoms with Crippen LogP contribution >= 0.6 is 15.9 Å². The fraction of sp³-hybridized carbons (Fsp3) is 0.304. The van der Waals surface area contributed by atoms with E-state index in [0.29, 0.717) is 18.6 Å². The number of nitro groups is 1. The molecule has 1 aliphatic rings. The SMILES string of the molecule is CC(C)OCCCN1C(=O)C(=O)C(=C(O)c2ccc([N+](=O)[O-])cc2)[C@@H]1c1cccc(Br)c1. The van der Waals surface area contributed by atoms with Crippen molar-refractivity contribution in [2.75, 3.05) is 13.2 Å². The van der Waals surface area contributed by atoms with Crippen molar-refractivity contribution in [2.45, 2.75) is 32.4 Å². The van der Waals surface area contributed by atoms with Crippen LogP contribution in [-0.4, -0.2) is 45.9 Å². The van der Waals surface area contributed by atoms with Crippen LogP contribution in [0.15, 0.2) is 58.6 Å². The molecule has 0 aromatic heterocycles. The molecule has 1 heterocycles. The molecule has 0 unspecified atom stereocenters. The summed E-state index contributed by atoms with van der Waals surface area (Å²) in [5, 5.41) is 21.9. The van der Waals surface area contributed by atoms with Crippen LogP contribution in [0.3, 0.4) is 0 Å². The highest BCUT2D eigenvalue weighted by Crippen LogP contribution is 2.40. The molecule has 0 aliphatic carbocycles. The summed E-state index contributed by atoms with van der Waals surface area (Å²) < 4.78 is 6.31. The molecule has 1 amide bonds. The number of halogens is 1. The summed E-state index contributed by atoms with van der Waals surface area (Å²) in [5.74, 6) is -1.87. The van der Waals surface area contributed by atoms with Gasteiger partial charge in [-0.15, -0.1) is 0 Å². The van der Waals surface area contributed by atoms with E-state index in [1.807, 2.05) is 19.9 Å². The van der Waals surface area contributed by atoms with Crippen molar-refractivity contribution < 1.29 is 24.4 Å². The first kappa shape index (κ1) is 23.6. The Kier molecular flexibility index (Phi) is 7.42. The van der Waals surface area contributed by atoms with E-state index in [4.69, 9.17) is 4.74 Å². The minimum Gasteiger partial charge on any atom is -0.507 e. The maximum absolute atomic E-state index is 13.0. The van der Waals surface area contributed by atoms with Crippen molar-refractivity contribution >= 4 is 39.1 Å². The number of hydrogen-bond donors (Lipinski definition) is 1. The third kappa shape index (κ3) is 5.05. The quantitative estimate of drug-likeness (QED) is 0.141. The number of ether oxygens (including phenoxy) is 1. The molecule has 1 saturated heterocycles. The van der Waals surface area contributed by atoms with Crippen molar-refractivity contribution in [3.05, 3.63) is 79.8 Å². The van der Waals surface area contributed by atoms with Gasteiger partial charge in [0, 0.05) is 35.3 Å². The van der Waals surface area contributed by atoms with Crippen molar-refractivity contribution in [1.29, 1.82) is 0 Å². The van der Waals surface area contributed by atoms with Gasteiger partial charge in [-0.25, -0.2) is 0 Å². The zero-order valence-electron chi connectivity index (χ0n) is 17.7. The van der Waals surface area contributed by atoms with E-state index in [1.54, 1.807) is 18.2 Å². The smallest absolute Gasteiger partial charge is 0.295 e. The lowest BCUT2D eigenvalue weighted by molar-refractivity contribution is -0.384. The summed E-state index contributed by atoms with van der Waals surface area (Å²) in [5.41, 5.74) is 0.686. The number of benzene rings is 2. The van der Waals surface area contributed by atoms with Gasteiger partial charge in [-0.05, 0) is 50.1 Å². The van der Waals surface area contributed by atoms with Gasteiger partial charge in [0.25, 0.3) is 17.4 Å². The van der Waals surface area contributed by atoms with Crippen LogP contribution in [0.2, 0.25) is 0 Å². The number of rotatable bonds is 8. The largest absolute Gasteiger partial charge is 0.507 e. The highest BCUT2D eigenvalue weighted by atomic mass is 79.9. The first-order valence-corrected chi connectivity index (χ1v) is 10.9. The lowest BCUT2D eigenvalue weighted by atomic mass is 9.95. The normalized spacial score (nSPS) is 17.9. The Balaban J connectivity index is 2.03. The van der Waals surface area contributed by atoms with Gasteiger partial charge < -0.3 is 14.7 Å². The Morgan fingerprint density at radius 2 is 1.91 bits per heavy atom. The first-order chi connectivity index (χ1) is 15.2. The van der Waals surface area contributed by atoms with Crippen LogP contribution in [0.5, 0.6) is 0 Å². The molecule has 3 rings (SSSR count). The maximum Gasteiger partial charge on any atom is 0.295 e. The lowest BCUT2D eigenvalue weighted by Gasteiger charge is -2.25. The molecule has 2 aromatic rings. The molecule has 0 spiro atoms. The predicted octanol–water partition coefficient (Wildman–Crippen LogP) is 4.59. The molecule has 2 aromatic carbocycles. The van der Waals surface area contributed by atoms with Crippen LogP contribution in [0.25, 0.3) is 5.76 Å². The van der Waals surface area contributed by atoms with Gasteiger partial charge in [-0.1, -0.05) is 28.1 Å². The van der Waals surface area contributed by atoms with Gasteiger partial charge in [0.1, 0.15) is 5.76 Å². The van der Waals surface area contributed by atoms with E-state index in [1.165, 1.54) is 29.2 Å². The molecule has 0 saturated carbocycles. The van der Waals surface area contributed by atoms with Crippen LogP contribution in [0.1, 0.15) is 37.4 Å². The molecule has 0 radical (unpaired) electrons. The fourth-order valence-electron chi connectivity index (χ4n) is 3.58. The standard InChI is InChI=1S/C23H23BrN2O6/c1-14(2)32-12-4-11-25-20(16-5-3-6-17(24)13-16)19(22(28)23(25)29)21(27)15-7-9-18(10-8-15)26(30)31/h3,5-10,13-14,20,27H,4,11-12H2,1-2H3/t20-/m0/s1. The average molecular weight is 503 g/mol. The number of carbonyl (C=O) groups excluding carboxylic acids is 2. The predicted molar refractivity (Wildman–Crippen MR) is 122 cm³/mol. The van der Waals surface area contributed by atoms with E-state index in [9.17, 15) is 24.8 Å². The molecule has 1 atom stereocenters. The molecule has 1 aliphatic heterocycles. The number of nitro benzene ring substituents is 1. The number of carbonyl (C=O) groups is 2. The van der Waals surface area contributed by atoms with Crippen LogP contribution < -0.4 is 0 Å². The topological polar surface area (TPSA) is 110 Å². The van der Waals surface area contributed by atoms with E-state index in [0.717, 1.165) is 4.47 Å². The summed E-state index contributed by atoms with van der Waals surface area (Å²) in [6.45, 7) is 4.52. The van der Waals surface area contributed by atoms with E-state index < -0.39 is 22.7 Å².